The average molecular weight is 440 g/mol. The van der Waals surface area contributed by atoms with Gasteiger partial charge in [0.25, 0.3) is 7.82 Å². The summed E-state index contributed by atoms with van der Waals surface area (Å²) in [6.07, 6.45) is 6.61. The number of hydrogen-bond donors (Lipinski definition) is 2. The lowest BCUT2D eigenvalue weighted by Gasteiger charge is -2.30. The monoisotopic (exact) mass is 439 g/mol. The van der Waals surface area contributed by atoms with Crippen LogP contribution in [0.15, 0.2) is 0 Å². The predicted molar refractivity (Wildman–Crippen MR) is 111 cm³/mol. The third kappa shape index (κ3) is 16.1. The maximum absolute atomic E-state index is 12.3. The molecular formula is C20H42NO7P. The first-order chi connectivity index (χ1) is 13.5. The Morgan fingerprint density at radius 1 is 1.03 bits per heavy atom. The Labute approximate surface area is 176 Å². The lowest BCUT2D eigenvalue weighted by atomic mass is 10.0. The summed E-state index contributed by atoms with van der Waals surface area (Å²) >= 11 is 0. The van der Waals surface area contributed by atoms with Crippen molar-refractivity contribution in [3.8, 4) is 0 Å². The zero-order chi connectivity index (χ0) is 22.3. The number of phosphoric ester groups is 1. The van der Waals surface area contributed by atoms with Crippen molar-refractivity contribution in [1.29, 1.82) is 0 Å². The van der Waals surface area contributed by atoms with Crippen LogP contribution in [-0.4, -0.2) is 73.6 Å². The van der Waals surface area contributed by atoms with Gasteiger partial charge >= 0.3 is 0 Å². The summed E-state index contributed by atoms with van der Waals surface area (Å²) in [5.74, 6) is -0.541. The van der Waals surface area contributed by atoms with Crippen LogP contribution < -0.4 is 4.89 Å². The number of quaternary nitrogens is 1. The normalized spacial score (nSPS) is 16.4. The molecule has 0 heterocycles. The molecule has 0 radical (unpaired) electrons. The van der Waals surface area contributed by atoms with E-state index in [0.717, 1.165) is 19.3 Å². The third-order valence-electron chi connectivity index (χ3n) is 4.63. The van der Waals surface area contributed by atoms with Gasteiger partial charge in [-0.05, 0) is 6.42 Å². The van der Waals surface area contributed by atoms with E-state index in [0.29, 0.717) is 17.4 Å². The van der Waals surface area contributed by atoms with Crippen molar-refractivity contribution < 1.29 is 38.0 Å². The first-order valence-electron chi connectivity index (χ1n) is 10.8. The SMILES string of the molecule is CCCCCCCCCCCC(=O)C(OP(=O)([O-])OCC[N+](C)(C)C)[C@@H](O)CO. The molecular weight excluding hydrogens is 397 g/mol. The molecule has 174 valence electrons. The zero-order valence-electron chi connectivity index (χ0n) is 18.7. The fraction of sp³-hybridized carbons (Fsp3) is 0.950. The van der Waals surface area contributed by atoms with Crippen LogP contribution in [-0.2, 0) is 18.4 Å². The largest absolute Gasteiger partial charge is 0.756 e. The Balaban J connectivity index is 4.34. The topological polar surface area (TPSA) is 116 Å². The van der Waals surface area contributed by atoms with Gasteiger partial charge in [-0.25, -0.2) is 0 Å². The molecule has 0 aliphatic rings. The molecule has 0 rings (SSSR count). The number of unbranched alkanes of at least 4 members (excludes halogenated alkanes) is 8. The number of aliphatic hydroxyl groups is 2. The summed E-state index contributed by atoms with van der Waals surface area (Å²) in [7, 11) is 0.875. The van der Waals surface area contributed by atoms with Gasteiger partial charge in [0.1, 0.15) is 19.3 Å². The molecule has 0 bridgehead atoms. The zero-order valence-corrected chi connectivity index (χ0v) is 19.6. The van der Waals surface area contributed by atoms with E-state index >= 15 is 0 Å². The number of ketones is 1. The summed E-state index contributed by atoms with van der Waals surface area (Å²) in [5.41, 5.74) is 0. The van der Waals surface area contributed by atoms with Gasteiger partial charge in [0.05, 0.1) is 27.7 Å². The quantitative estimate of drug-likeness (QED) is 0.180. The minimum Gasteiger partial charge on any atom is -0.756 e. The highest BCUT2D eigenvalue weighted by atomic mass is 31.2. The molecule has 0 aromatic carbocycles. The second kappa shape index (κ2) is 15.5. The standard InChI is InChI=1S/C20H42NO7P/c1-5-6-7-8-9-10-11-12-13-14-18(23)20(19(24)17-22)28-29(25,26)27-16-15-21(2,3)4/h19-20,22,24H,5-17H2,1-4H3/t19-,20?/m0/s1. The maximum Gasteiger partial charge on any atom is 0.268 e. The molecule has 0 aromatic heterocycles. The average Bonchev–Trinajstić information content (AvgIpc) is 2.62. The fourth-order valence-electron chi connectivity index (χ4n) is 2.79. The Kier molecular flexibility index (Phi) is 15.3. The number of nitrogens with zero attached hydrogens (tertiary/aromatic N) is 1. The van der Waals surface area contributed by atoms with Crippen LogP contribution in [0, 0.1) is 0 Å². The van der Waals surface area contributed by atoms with Crippen LogP contribution in [0.3, 0.4) is 0 Å². The highest BCUT2D eigenvalue weighted by molar-refractivity contribution is 7.45. The van der Waals surface area contributed by atoms with Gasteiger partial charge in [0.2, 0.25) is 0 Å². The number of carbonyl (C=O) groups excluding carboxylic acids is 1. The Hall–Kier alpha value is -0.340. The second-order valence-electron chi connectivity index (χ2n) is 8.62. The number of Topliss-reactive ketones (excluding diaryl/α,β-unsaturated/α-hetero) is 1. The molecule has 3 atom stereocenters. The van der Waals surface area contributed by atoms with Gasteiger partial charge in [0, 0.05) is 6.42 Å². The van der Waals surface area contributed by atoms with Crippen LogP contribution in [0.1, 0.15) is 71.1 Å². The van der Waals surface area contributed by atoms with Crippen LogP contribution in [0.4, 0.5) is 0 Å². The van der Waals surface area contributed by atoms with E-state index in [1.54, 1.807) is 0 Å². The van der Waals surface area contributed by atoms with Crippen molar-refractivity contribution in [2.45, 2.75) is 83.3 Å². The van der Waals surface area contributed by atoms with Crippen molar-refractivity contribution in [2.24, 2.45) is 0 Å². The van der Waals surface area contributed by atoms with E-state index in [9.17, 15) is 19.4 Å². The third-order valence-corrected chi connectivity index (χ3v) is 5.62. The van der Waals surface area contributed by atoms with Crippen molar-refractivity contribution in [3.05, 3.63) is 0 Å². The van der Waals surface area contributed by atoms with E-state index in [1.165, 1.54) is 32.1 Å². The van der Waals surface area contributed by atoms with Gasteiger partial charge in [-0.1, -0.05) is 58.3 Å². The molecule has 0 aliphatic heterocycles. The lowest BCUT2D eigenvalue weighted by Crippen LogP contribution is -2.40. The number of carbonyl (C=O) groups is 1. The molecule has 0 saturated carbocycles. The Morgan fingerprint density at radius 2 is 1.55 bits per heavy atom. The minimum atomic E-state index is -4.77. The second-order valence-corrected chi connectivity index (χ2v) is 9.98. The molecule has 0 amide bonds. The molecule has 0 spiro atoms. The highest BCUT2D eigenvalue weighted by Crippen LogP contribution is 2.40. The van der Waals surface area contributed by atoms with Crippen LogP contribution in [0.25, 0.3) is 0 Å². The number of rotatable bonds is 19. The highest BCUT2D eigenvalue weighted by Gasteiger charge is 2.31. The van der Waals surface area contributed by atoms with Gasteiger partial charge in [0.15, 0.2) is 11.9 Å². The number of phosphoric acid groups is 1. The molecule has 8 nitrogen and oxygen atoms in total. The van der Waals surface area contributed by atoms with Crippen molar-refractivity contribution in [1.82, 2.24) is 0 Å². The lowest BCUT2D eigenvalue weighted by molar-refractivity contribution is -0.870. The van der Waals surface area contributed by atoms with E-state index in [1.807, 2.05) is 21.1 Å². The molecule has 0 aliphatic carbocycles. The van der Waals surface area contributed by atoms with Crippen molar-refractivity contribution in [3.63, 3.8) is 0 Å². The summed E-state index contributed by atoms with van der Waals surface area (Å²) in [5, 5.41) is 19.0. The molecule has 2 unspecified atom stereocenters. The maximum atomic E-state index is 12.3. The summed E-state index contributed by atoms with van der Waals surface area (Å²) in [6.45, 7) is 1.74. The van der Waals surface area contributed by atoms with Gasteiger partial charge in [-0.15, -0.1) is 0 Å². The van der Waals surface area contributed by atoms with E-state index in [2.05, 4.69) is 6.92 Å². The van der Waals surface area contributed by atoms with Crippen molar-refractivity contribution in [2.75, 3.05) is 40.9 Å². The Bertz CT molecular complexity index is 482. The molecule has 29 heavy (non-hydrogen) atoms. The molecule has 0 saturated heterocycles. The first-order valence-corrected chi connectivity index (χ1v) is 12.2. The predicted octanol–water partition coefficient (Wildman–Crippen LogP) is 2.41. The number of likely N-dealkylation sites (N-methyl/N-ethyl adjacent to an activating group) is 1. The summed E-state index contributed by atoms with van der Waals surface area (Å²) in [4.78, 5) is 24.4. The van der Waals surface area contributed by atoms with Gasteiger partial charge in [-0.2, -0.15) is 0 Å². The van der Waals surface area contributed by atoms with Crippen LogP contribution >= 0.6 is 7.82 Å². The van der Waals surface area contributed by atoms with E-state index in [4.69, 9.17) is 14.2 Å². The van der Waals surface area contributed by atoms with E-state index < -0.39 is 32.4 Å². The summed E-state index contributed by atoms with van der Waals surface area (Å²) < 4.78 is 22.1. The van der Waals surface area contributed by atoms with Crippen LogP contribution in [0.5, 0.6) is 0 Å². The number of hydrogen-bond acceptors (Lipinski definition) is 7. The fourth-order valence-corrected chi connectivity index (χ4v) is 3.69. The molecule has 2 N–H and O–H groups in total. The minimum absolute atomic E-state index is 0.0937. The van der Waals surface area contributed by atoms with E-state index in [-0.39, 0.29) is 13.0 Å². The number of aliphatic hydroxyl groups excluding tert-OH is 2. The molecule has 0 fully saturated rings. The molecule has 9 heteroatoms. The van der Waals surface area contributed by atoms with Crippen LogP contribution in [0.2, 0.25) is 0 Å². The Morgan fingerprint density at radius 3 is 2.03 bits per heavy atom. The summed E-state index contributed by atoms with van der Waals surface area (Å²) in [6, 6.07) is 0. The smallest absolute Gasteiger partial charge is 0.268 e. The van der Waals surface area contributed by atoms with Gasteiger partial charge in [-0.3, -0.25) is 9.36 Å². The molecule has 0 aromatic rings. The van der Waals surface area contributed by atoms with Crippen molar-refractivity contribution >= 4 is 13.6 Å². The first kappa shape index (κ1) is 28.7. The van der Waals surface area contributed by atoms with Gasteiger partial charge < -0.3 is 28.6 Å².